The van der Waals surface area contributed by atoms with Crippen LogP contribution in [0.25, 0.3) is 0 Å². The number of nitrogens with zero attached hydrogens (tertiary/aromatic N) is 2. The first kappa shape index (κ1) is 22.8. The van der Waals surface area contributed by atoms with Gasteiger partial charge in [-0.2, -0.15) is 0 Å². The summed E-state index contributed by atoms with van der Waals surface area (Å²) in [6, 6.07) is 16.1. The number of rotatable bonds is 6. The summed E-state index contributed by atoms with van der Waals surface area (Å²) < 4.78 is 4.98. The van der Waals surface area contributed by atoms with E-state index < -0.39 is 17.4 Å². The quantitative estimate of drug-likeness (QED) is 0.403. The van der Waals surface area contributed by atoms with E-state index in [9.17, 15) is 14.7 Å². The Bertz CT molecular complexity index is 932. The molecule has 0 radical (unpaired) electrons. The van der Waals surface area contributed by atoms with Crippen LogP contribution in [0.3, 0.4) is 0 Å². The van der Waals surface area contributed by atoms with Gasteiger partial charge in [0.1, 0.15) is 6.23 Å². The molecule has 7 nitrogen and oxygen atoms in total. The fourth-order valence-corrected chi connectivity index (χ4v) is 4.38. The van der Waals surface area contributed by atoms with Crippen LogP contribution in [0.4, 0.5) is 11.4 Å². The third-order valence-corrected chi connectivity index (χ3v) is 5.66. The van der Waals surface area contributed by atoms with E-state index >= 15 is 0 Å². The third-order valence-electron chi connectivity index (χ3n) is 4.55. The fourth-order valence-electron chi connectivity index (χ4n) is 3.16. The number of anilines is 1. The van der Waals surface area contributed by atoms with E-state index in [1.165, 1.54) is 16.7 Å². The Labute approximate surface area is 186 Å². The Morgan fingerprint density at radius 2 is 1.90 bits per heavy atom. The molecular formula is C23H27N3O4S. The van der Waals surface area contributed by atoms with Crippen LogP contribution in [0.1, 0.15) is 37.6 Å². The number of amides is 1. The summed E-state index contributed by atoms with van der Waals surface area (Å²) in [7, 11) is 0. The number of amidine groups is 1. The van der Waals surface area contributed by atoms with Gasteiger partial charge in [0.25, 0.3) is 0 Å². The molecule has 0 bridgehead atoms. The van der Waals surface area contributed by atoms with Gasteiger partial charge >= 0.3 is 5.97 Å². The average Bonchev–Trinajstić information content (AvgIpc) is 3.01. The van der Waals surface area contributed by atoms with Gasteiger partial charge in [0.05, 0.1) is 23.1 Å². The number of benzene rings is 2. The topological polar surface area (TPSA) is 91.2 Å². The molecule has 164 valence electrons. The number of thioether (sulfide) groups is 1. The van der Waals surface area contributed by atoms with E-state index in [-0.39, 0.29) is 18.4 Å². The molecule has 2 unspecified atom stereocenters. The lowest BCUT2D eigenvalue weighted by Crippen LogP contribution is -2.35. The molecule has 0 saturated carbocycles. The van der Waals surface area contributed by atoms with Crippen molar-refractivity contribution in [2.75, 3.05) is 11.5 Å². The molecular weight excluding hydrogens is 414 g/mol. The molecule has 2 aromatic rings. The molecule has 0 aliphatic carbocycles. The first-order valence-corrected chi connectivity index (χ1v) is 11.1. The summed E-state index contributed by atoms with van der Waals surface area (Å²) in [5.74, 6) is -0.620. The van der Waals surface area contributed by atoms with Gasteiger partial charge in [-0.15, -0.1) is 0 Å². The van der Waals surface area contributed by atoms with Crippen molar-refractivity contribution in [1.29, 1.82) is 0 Å². The van der Waals surface area contributed by atoms with E-state index in [2.05, 4.69) is 10.3 Å². The van der Waals surface area contributed by atoms with Gasteiger partial charge in [-0.1, -0.05) is 30.0 Å². The number of carbonyl (C=O) groups is 2. The summed E-state index contributed by atoms with van der Waals surface area (Å²) in [4.78, 5) is 30.9. The number of hydrogen-bond acceptors (Lipinski definition) is 6. The zero-order valence-electron chi connectivity index (χ0n) is 17.8. The lowest BCUT2D eigenvalue weighted by Gasteiger charge is -2.21. The summed E-state index contributed by atoms with van der Waals surface area (Å²) in [5, 5.41) is 14.0. The van der Waals surface area contributed by atoms with Crippen molar-refractivity contribution in [3.63, 3.8) is 0 Å². The summed E-state index contributed by atoms with van der Waals surface area (Å²) in [6.45, 7) is 6.04. The second-order valence-electron chi connectivity index (χ2n) is 7.35. The highest BCUT2D eigenvalue weighted by molar-refractivity contribution is 8.15. The van der Waals surface area contributed by atoms with Crippen molar-refractivity contribution in [2.45, 2.75) is 44.7 Å². The van der Waals surface area contributed by atoms with E-state index in [4.69, 9.17) is 4.74 Å². The highest BCUT2D eigenvalue weighted by Crippen LogP contribution is 2.33. The Morgan fingerprint density at radius 1 is 1.23 bits per heavy atom. The van der Waals surface area contributed by atoms with E-state index in [1.54, 1.807) is 31.2 Å². The standard InChI is InChI=1S/C23H27N3O4S/c1-4-30-22(29)16-10-12-18(13-11-16)26-20(27)14-19(21(26)28)31-23(24-15(2)3)25-17-8-6-5-7-9-17/h5-13,15,19-20,27H,4,14H2,1-3H3,(H,24,25). The van der Waals surface area contributed by atoms with Gasteiger partial charge in [0.15, 0.2) is 5.17 Å². The van der Waals surface area contributed by atoms with Gasteiger partial charge in [-0.25, -0.2) is 9.79 Å². The Balaban J connectivity index is 1.76. The van der Waals surface area contributed by atoms with Crippen LogP contribution in [-0.2, 0) is 9.53 Å². The molecule has 1 aliphatic heterocycles. The summed E-state index contributed by atoms with van der Waals surface area (Å²) in [6.07, 6.45) is -0.674. The van der Waals surface area contributed by atoms with Gasteiger partial charge in [-0.3, -0.25) is 9.69 Å². The number of ether oxygens (including phenoxy) is 1. The number of nitrogens with one attached hydrogen (secondary N) is 1. The molecule has 1 heterocycles. The molecule has 1 amide bonds. The minimum absolute atomic E-state index is 0.142. The Hall–Kier alpha value is -2.84. The number of carbonyl (C=O) groups excluding carboxylic acids is 2. The minimum Gasteiger partial charge on any atom is -0.462 e. The second kappa shape index (κ2) is 10.5. The van der Waals surface area contributed by atoms with Crippen molar-refractivity contribution in [2.24, 2.45) is 4.99 Å². The van der Waals surface area contributed by atoms with Crippen LogP contribution in [-0.4, -0.2) is 46.3 Å². The van der Waals surface area contributed by atoms with Crippen molar-refractivity contribution < 1.29 is 19.4 Å². The van der Waals surface area contributed by atoms with Gasteiger partial charge < -0.3 is 15.2 Å². The van der Waals surface area contributed by atoms with E-state index in [0.717, 1.165) is 5.69 Å². The van der Waals surface area contributed by atoms with Gasteiger partial charge in [0, 0.05) is 18.2 Å². The number of aliphatic hydroxyl groups is 1. The predicted octanol–water partition coefficient (Wildman–Crippen LogP) is 3.71. The van der Waals surface area contributed by atoms with Crippen molar-refractivity contribution >= 4 is 40.2 Å². The summed E-state index contributed by atoms with van der Waals surface area (Å²) in [5.41, 5.74) is 1.72. The van der Waals surface area contributed by atoms with Crippen LogP contribution in [0, 0.1) is 0 Å². The fraction of sp³-hybridized carbons (Fsp3) is 0.348. The molecule has 3 rings (SSSR count). The van der Waals surface area contributed by atoms with Crippen molar-refractivity contribution in [3.8, 4) is 0 Å². The second-order valence-corrected chi connectivity index (χ2v) is 8.54. The largest absolute Gasteiger partial charge is 0.462 e. The van der Waals surface area contributed by atoms with Crippen LogP contribution < -0.4 is 10.2 Å². The van der Waals surface area contributed by atoms with E-state index in [1.807, 2.05) is 44.2 Å². The maximum Gasteiger partial charge on any atom is 0.338 e. The van der Waals surface area contributed by atoms with Crippen LogP contribution >= 0.6 is 11.8 Å². The Morgan fingerprint density at radius 3 is 2.52 bits per heavy atom. The number of hydrogen-bond donors (Lipinski definition) is 2. The van der Waals surface area contributed by atoms with Crippen LogP contribution in [0.15, 0.2) is 59.6 Å². The van der Waals surface area contributed by atoms with Crippen LogP contribution in [0.5, 0.6) is 0 Å². The van der Waals surface area contributed by atoms with Crippen molar-refractivity contribution in [1.82, 2.24) is 5.32 Å². The first-order chi connectivity index (χ1) is 14.9. The zero-order chi connectivity index (χ0) is 22.4. The number of para-hydroxylation sites is 1. The minimum atomic E-state index is -0.949. The normalized spacial score (nSPS) is 19.1. The lowest BCUT2D eigenvalue weighted by atomic mass is 10.2. The monoisotopic (exact) mass is 441 g/mol. The first-order valence-electron chi connectivity index (χ1n) is 10.2. The molecule has 2 atom stereocenters. The molecule has 1 aliphatic rings. The lowest BCUT2D eigenvalue weighted by molar-refractivity contribution is -0.117. The van der Waals surface area contributed by atoms with Crippen molar-refractivity contribution in [3.05, 3.63) is 60.2 Å². The molecule has 31 heavy (non-hydrogen) atoms. The van der Waals surface area contributed by atoms with Gasteiger partial charge in [-0.05, 0) is 57.2 Å². The van der Waals surface area contributed by atoms with E-state index in [0.29, 0.717) is 23.0 Å². The number of aliphatic imine (C=N–C) groups is 1. The molecule has 2 aromatic carbocycles. The number of esters is 1. The zero-order valence-corrected chi connectivity index (χ0v) is 18.6. The number of aliphatic hydroxyl groups excluding tert-OH is 1. The van der Waals surface area contributed by atoms with Crippen LogP contribution in [0.2, 0.25) is 0 Å². The molecule has 1 fully saturated rings. The molecule has 1 saturated heterocycles. The summed E-state index contributed by atoms with van der Waals surface area (Å²) >= 11 is 1.31. The molecule has 2 N–H and O–H groups in total. The predicted molar refractivity (Wildman–Crippen MR) is 124 cm³/mol. The van der Waals surface area contributed by atoms with Gasteiger partial charge in [0.2, 0.25) is 5.91 Å². The molecule has 0 spiro atoms. The highest BCUT2D eigenvalue weighted by Gasteiger charge is 2.40. The highest BCUT2D eigenvalue weighted by atomic mass is 32.2. The third kappa shape index (κ3) is 5.86. The average molecular weight is 442 g/mol. The maximum absolute atomic E-state index is 13.1. The Kier molecular flexibility index (Phi) is 7.70. The SMILES string of the molecule is CCOC(=O)c1ccc(N2C(=O)C(S/C(=N/c3ccccc3)NC(C)C)CC2O)cc1. The smallest absolute Gasteiger partial charge is 0.338 e. The molecule has 0 aromatic heterocycles. The molecule has 8 heteroatoms. The maximum atomic E-state index is 13.1.